The van der Waals surface area contributed by atoms with Crippen molar-refractivity contribution in [1.82, 2.24) is 9.80 Å². The van der Waals surface area contributed by atoms with E-state index in [1.165, 1.54) is 0 Å². The molecule has 0 radical (unpaired) electrons. The van der Waals surface area contributed by atoms with Crippen LogP contribution in [0.4, 0.5) is 0 Å². The standard InChI is InChI=1S/C18H32N2O6/c1-17(23)5-9-19(10-6-17)16(22)4-14-26-13-2-3-15(21)20-11-7-18(24,25)8-12-20/h23-25H,2-14H2,1H3. The van der Waals surface area contributed by atoms with Gasteiger partial charge in [0.1, 0.15) is 0 Å². The molecule has 0 unspecified atom stereocenters. The summed E-state index contributed by atoms with van der Waals surface area (Å²) in [6, 6.07) is 0. The van der Waals surface area contributed by atoms with Crippen molar-refractivity contribution in [1.29, 1.82) is 0 Å². The van der Waals surface area contributed by atoms with Crippen LogP contribution in [0.1, 0.15) is 51.9 Å². The number of hydrogen-bond acceptors (Lipinski definition) is 6. The molecule has 26 heavy (non-hydrogen) atoms. The summed E-state index contributed by atoms with van der Waals surface area (Å²) < 4.78 is 5.46. The summed E-state index contributed by atoms with van der Waals surface area (Å²) in [5.74, 6) is -1.60. The van der Waals surface area contributed by atoms with Crippen LogP contribution in [0.5, 0.6) is 0 Å². The molecule has 2 heterocycles. The van der Waals surface area contributed by atoms with Gasteiger partial charge in [0.15, 0.2) is 5.79 Å². The van der Waals surface area contributed by atoms with Gasteiger partial charge in [-0.1, -0.05) is 0 Å². The molecule has 0 aromatic heterocycles. The van der Waals surface area contributed by atoms with Gasteiger partial charge in [-0.15, -0.1) is 0 Å². The summed E-state index contributed by atoms with van der Waals surface area (Å²) >= 11 is 0. The predicted octanol–water partition coefficient (Wildman–Crippen LogP) is -0.150. The van der Waals surface area contributed by atoms with Gasteiger partial charge in [0.2, 0.25) is 11.8 Å². The smallest absolute Gasteiger partial charge is 0.224 e. The highest BCUT2D eigenvalue weighted by Gasteiger charge is 2.31. The monoisotopic (exact) mass is 372 g/mol. The zero-order valence-electron chi connectivity index (χ0n) is 15.7. The van der Waals surface area contributed by atoms with Crippen molar-refractivity contribution in [2.45, 2.75) is 63.3 Å². The fourth-order valence-corrected chi connectivity index (χ4v) is 3.26. The molecule has 0 atom stereocenters. The topological polar surface area (TPSA) is 111 Å². The van der Waals surface area contributed by atoms with E-state index in [1.807, 2.05) is 0 Å². The summed E-state index contributed by atoms with van der Waals surface area (Å²) in [7, 11) is 0. The lowest BCUT2D eigenvalue weighted by atomic mass is 9.94. The van der Waals surface area contributed by atoms with Crippen LogP contribution >= 0.6 is 0 Å². The van der Waals surface area contributed by atoms with Crippen molar-refractivity contribution in [3.63, 3.8) is 0 Å². The molecular weight excluding hydrogens is 340 g/mol. The molecule has 0 aromatic carbocycles. The van der Waals surface area contributed by atoms with E-state index in [-0.39, 0.29) is 24.7 Å². The lowest BCUT2D eigenvalue weighted by Gasteiger charge is -2.35. The van der Waals surface area contributed by atoms with Crippen molar-refractivity contribution in [2.24, 2.45) is 0 Å². The van der Waals surface area contributed by atoms with Crippen molar-refractivity contribution in [2.75, 3.05) is 39.4 Å². The third-order valence-electron chi connectivity index (χ3n) is 5.25. The van der Waals surface area contributed by atoms with Gasteiger partial charge in [0.25, 0.3) is 0 Å². The molecule has 0 aliphatic carbocycles. The molecule has 0 bridgehead atoms. The second-order valence-corrected chi connectivity index (χ2v) is 7.71. The highest BCUT2D eigenvalue weighted by molar-refractivity contribution is 5.76. The second kappa shape index (κ2) is 9.12. The van der Waals surface area contributed by atoms with Gasteiger partial charge in [0.05, 0.1) is 18.6 Å². The van der Waals surface area contributed by atoms with E-state index in [0.717, 1.165) is 0 Å². The normalized spacial score (nSPS) is 22.3. The number of ether oxygens (including phenoxy) is 1. The molecule has 2 rings (SSSR count). The first-order valence-electron chi connectivity index (χ1n) is 9.49. The minimum atomic E-state index is -1.64. The second-order valence-electron chi connectivity index (χ2n) is 7.71. The van der Waals surface area contributed by atoms with Gasteiger partial charge < -0.3 is 29.9 Å². The molecule has 2 saturated heterocycles. The van der Waals surface area contributed by atoms with Crippen LogP contribution in [0, 0.1) is 0 Å². The van der Waals surface area contributed by atoms with Crippen molar-refractivity contribution in [3.05, 3.63) is 0 Å². The number of carbonyl (C=O) groups excluding carboxylic acids is 2. The average Bonchev–Trinajstić information content (AvgIpc) is 2.57. The lowest BCUT2D eigenvalue weighted by molar-refractivity contribution is -0.190. The Kier molecular flexibility index (Phi) is 7.40. The molecule has 2 aliphatic heterocycles. The zero-order chi connectivity index (χ0) is 19.2. The van der Waals surface area contributed by atoms with Crippen LogP contribution in [0.3, 0.4) is 0 Å². The van der Waals surface area contributed by atoms with Crippen LogP contribution in [0.2, 0.25) is 0 Å². The quantitative estimate of drug-likeness (QED) is 0.423. The largest absolute Gasteiger partial charge is 0.390 e. The number of rotatable bonds is 7. The third kappa shape index (κ3) is 6.83. The molecule has 0 aromatic rings. The molecule has 8 nitrogen and oxygen atoms in total. The summed E-state index contributed by atoms with van der Waals surface area (Å²) in [6.07, 6.45) is 2.83. The van der Waals surface area contributed by atoms with Crippen LogP contribution in [-0.2, 0) is 14.3 Å². The number of likely N-dealkylation sites (tertiary alicyclic amines) is 2. The lowest BCUT2D eigenvalue weighted by Crippen LogP contribution is -2.46. The molecule has 3 N–H and O–H groups in total. The van der Waals surface area contributed by atoms with E-state index in [2.05, 4.69) is 0 Å². The summed E-state index contributed by atoms with van der Waals surface area (Å²) in [4.78, 5) is 27.5. The van der Waals surface area contributed by atoms with Gasteiger partial charge >= 0.3 is 0 Å². The van der Waals surface area contributed by atoms with Crippen LogP contribution in [-0.4, -0.2) is 87.7 Å². The number of nitrogens with zero attached hydrogens (tertiary/aromatic N) is 2. The molecule has 0 spiro atoms. The maximum Gasteiger partial charge on any atom is 0.224 e. The summed E-state index contributed by atoms with van der Waals surface area (Å²) in [5, 5.41) is 28.8. The van der Waals surface area contributed by atoms with Crippen LogP contribution < -0.4 is 0 Å². The van der Waals surface area contributed by atoms with Crippen molar-refractivity contribution < 1.29 is 29.6 Å². The van der Waals surface area contributed by atoms with Gasteiger partial charge in [-0.05, 0) is 26.2 Å². The minimum Gasteiger partial charge on any atom is -0.390 e. The average molecular weight is 372 g/mol. The first kappa shape index (κ1) is 21.1. The Balaban J connectivity index is 1.50. The molecule has 2 aliphatic rings. The predicted molar refractivity (Wildman–Crippen MR) is 94.1 cm³/mol. The number of hydrogen-bond donors (Lipinski definition) is 3. The van der Waals surface area contributed by atoms with E-state index in [4.69, 9.17) is 4.74 Å². The number of piperidine rings is 2. The van der Waals surface area contributed by atoms with Crippen LogP contribution in [0.25, 0.3) is 0 Å². The third-order valence-corrected chi connectivity index (χ3v) is 5.25. The summed E-state index contributed by atoms with van der Waals surface area (Å²) in [6.45, 7) is 4.45. The fourth-order valence-electron chi connectivity index (χ4n) is 3.26. The van der Waals surface area contributed by atoms with Crippen molar-refractivity contribution >= 4 is 11.8 Å². The van der Waals surface area contributed by atoms with E-state index in [0.29, 0.717) is 71.5 Å². The van der Waals surface area contributed by atoms with E-state index in [9.17, 15) is 24.9 Å². The number of amides is 2. The van der Waals surface area contributed by atoms with Gasteiger partial charge in [-0.3, -0.25) is 9.59 Å². The van der Waals surface area contributed by atoms with E-state index >= 15 is 0 Å². The maximum absolute atomic E-state index is 12.1. The first-order valence-corrected chi connectivity index (χ1v) is 9.49. The Bertz CT molecular complexity index is 430. The Hall–Kier alpha value is -1.22. The highest BCUT2D eigenvalue weighted by atomic mass is 16.5. The number of carbonyl (C=O) groups is 2. The molecular formula is C18H32N2O6. The van der Waals surface area contributed by atoms with Gasteiger partial charge in [0, 0.05) is 52.0 Å². The fraction of sp³-hybridized carbons (Fsp3) is 0.889. The minimum absolute atomic E-state index is 0.000505. The Morgan fingerprint density at radius 1 is 0.846 bits per heavy atom. The summed E-state index contributed by atoms with van der Waals surface area (Å²) in [5.41, 5.74) is -0.663. The molecule has 8 heteroatoms. The van der Waals surface area contributed by atoms with Crippen molar-refractivity contribution in [3.8, 4) is 0 Å². The zero-order valence-corrected chi connectivity index (χ0v) is 15.7. The SMILES string of the molecule is CC1(O)CCN(C(=O)CCOCCCC(=O)N2CCC(O)(O)CC2)CC1. The maximum atomic E-state index is 12.1. The molecule has 150 valence electrons. The highest BCUT2D eigenvalue weighted by Crippen LogP contribution is 2.21. The van der Waals surface area contributed by atoms with E-state index in [1.54, 1.807) is 16.7 Å². The Labute approximate surface area is 154 Å². The molecule has 0 saturated carbocycles. The Morgan fingerprint density at radius 2 is 1.35 bits per heavy atom. The van der Waals surface area contributed by atoms with Crippen LogP contribution in [0.15, 0.2) is 0 Å². The van der Waals surface area contributed by atoms with Gasteiger partial charge in [-0.25, -0.2) is 0 Å². The van der Waals surface area contributed by atoms with Gasteiger partial charge in [-0.2, -0.15) is 0 Å². The number of aliphatic hydroxyl groups is 3. The molecule has 2 fully saturated rings. The molecule has 2 amide bonds. The first-order chi connectivity index (χ1) is 12.2. The Morgan fingerprint density at radius 3 is 1.92 bits per heavy atom. The van der Waals surface area contributed by atoms with E-state index < -0.39 is 11.4 Å².